The fourth-order valence-electron chi connectivity index (χ4n) is 0.994. The molecule has 0 aliphatic heterocycles. The van der Waals surface area contributed by atoms with E-state index in [1.807, 2.05) is 0 Å². The van der Waals surface area contributed by atoms with Gasteiger partial charge in [0.2, 0.25) is 0 Å². The number of benzene rings is 1. The average Bonchev–Trinajstić information content (AvgIpc) is 2.03. The minimum atomic E-state index is -0.396. The van der Waals surface area contributed by atoms with Crippen molar-refractivity contribution in [3.05, 3.63) is 28.0 Å². The van der Waals surface area contributed by atoms with Gasteiger partial charge in [0, 0.05) is 16.6 Å². The monoisotopic (exact) mass is 269 g/mol. The van der Waals surface area contributed by atoms with Gasteiger partial charge in [-0.2, -0.15) is 0 Å². The van der Waals surface area contributed by atoms with Crippen LogP contribution in [0.1, 0.15) is 5.56 Å². The van der Waals surface area contributed by atoms with E-state index >= 15 is 0 Å². The van der Waals surface area contributed by atoms with Crippen molar-refractivity contribution in [1.29, 1.82) is 0 Å². The highest BCUT2D eigenvalue weighted by Gasteiger charge is 2.08. The van der Waals surface area contributed by atoms with Crippen molar-refractivity contribution in [2.45, 2.75) is 6.54 Å². The normalized spacial score (nSPS) is 9.23. The minimum Gasteiger partial charge on any atom is -0.493 e. The Bertz CT molecular complexity index is 296. The maximum atomic E-state index is 13.1. The Morgan fingerprint density at radius 2 is 2.15 bits per heavy atom. The SMILES string of the molecule is COc1c(F)cc(Br)cc1CN.Cl. The first kappa shape index (κ1) is 12.7. The molecule has 0 aliphatic carbocycles. The summed E-state index contributed by atoms with van der Waals surface area (Å²) in [5, 5.41) is 0. The van der Waals surface area contributed by atoms with Crippen molar-refractivity contribution < 1.29 is 9.13 Å². The zero-order valence-corrected chi connectivity index (χ0v) is 9.41. The molecular formula is C8H10BrClFNO. The van der Waals surface area contributed by atoms with Crippen LogP contribution in [0.2, 0.25) is 0 Å². The molecular weight excluding hydrogens is 260 g/mol. The maximum Gasteiger partial charge on any atom is 0.166 e. The molecule has 1 aromatic carbocycles. The van der Waals surface area contributed by atoms with Gasteiger partial charge >= 0.3 is 0 Å². The van der Waals surface area contributed by atoms with Crippen molar-refractivity contribution in [1.82, 2.24) is 0 Å². The van der Waals surface area contributed by atoms with Crippen molar-refractivity contribution in [3.63, 3.8) is 0 Å². The molecule has 5 heteroatoms. The molecule has 74 valence electrons. The first-order chi connectivity index (χ1) is 5.69. The van der Waals surface area contributed by atoms with Crippen LogP contribution in [0.5, 0.6) is 5.75 Å². The molecule has 0 saturated heterocycles. The van der Waals surface area contributed by atoms with E-state index in [4.69, 9.17) is 10.5 Å². The van der Waals surface area contributed by atoms with Gasteiger partial charge < -0.3 is 10.5 Å². The lowest BCUT2D eigenvalue weighted by atomic mass is 10.2. The number of rotatable bonds is 2. The molecule has 0 amide bonds. The largest absolute Gasteiger partial charge is 0.493 e. The van der Waals surface area contributed by atoms with E-state index in [0.717, 1.165) is 0 Å². The van der Waals surface area contributed by atoms with Crippen LogP contribution in [0.15, 0.2) is 16.6 Å². The minimum absolute atomic E-state index is 0. The molecule has 0 radical (unpaired) electrons. The van der Waals surface area contributed by atoms with Gasteiger partial charge in [-0.05, 0) is 12.1 Å². The maximum absolute atomic E-state index is 13.1. The quantitative estimate of drug-likeness (QED) is 0.896. The summed E-state index contributed by atoms with van der Waals surface area (Å²) in [5.74, 6) is -0.173. The van der Waals surface area contributed by atoms with Crippen LogP contribution in [-0.4, -0.2) is 7.11 Å². The van der Waals surface area contributed by atoms with Crippen molar-refractivity contribution in [3.8, 4) is 5.75 Å². The first-order valence-corrected chi connectivity index (χ1v) is 4.20. The van der Waals surface area contributed by atoms with Crippen LogP contribution < -0.4 is 10.5 Å². The van der Waals surface area contributed by atoms with Crippen LogP contribution in [0.3, 0.4) is 0 Å². The summed E-state index contributed by atoms with van der Waals surface area (Å²) in [6, 6.07) is 3.08. The Kier molecular flexibility index (Phi) is 5.29. The Morgan fingerprint density at radius 3 is 2.62 bits per heavy atom. The van der Waals surface area contributed by atoms with Gasteiger partial charge in [-0.15, -0.1) is 12.4 Å². The predicted octanol–water partition coefficient (Wildman–Crippen LogP) is 2.48. The fourth-order valence-corrected chi connectivity index (χ4v) is 1.47. The molecule has 0 aromatic heterocycles. The Hall–Kier alpha value is -0.320. The highest BCUT2D eigenvalue weighted by atomic mass is 79.9. The molecule has 0 spiro atoms. The zero-order chi connectivity index (χ0) is 9.14. The number of methoxy groups -OCH3 is 1. The lowest BCUT2D eigenvalue weighted by Gasteiger charge is -2.07. The van der Waals surface area contributed by atoms with Crippen molar-refractivity contribution in [2.75, 3.05) is 7.11 Å². The van der Waals surface area contributed by atoms with E-state index < -0.39 is 5.82 Å². The first-order valence-electron chi connectivity index (χ1n) is 3.41. The number of hydrogen-bond donors (Lipinski definition) is 1. The average molecular weight is 271 g/mol. The highest BCUT2D eigenvalue weighted by Crippen LogP contribution is 2.26. The summed E-state index contributed by atoms with van der Waals surface area (Å²) in [6.07, 6.45) is 0. The van der Waals surface area contributed by atoms with E-state index in [2.05, 4.69) is 15.9 Å². The van der Waals surface area contributed by atoms with E-state index in [1.165, 1.54) is 13.2 Å². The lowest BCUT2D eigenvalue weighted by molar-refractivity contribution is 0.381. The van der Waals surface area contributed by atoms with E-state index in [-0.39, 0.29) is 24.7 Å². The topological polar surface area (TPSA) is 35.2 Å². The molecule has 1 rings (SSSR count). The number of ether oxygens (including phenoxy) is 1. The van der Waals surface area contributed by atoms with Gasteiger partial charge in [0.1, 0.15) is 0 Å². The summed E-state index contributed by atoms with van der Waals surface area (Å²) >= 11 is 3.17. The van der Waals surface area contributed by atoms with E-state index in [0.29, 0.717) is 10.0 Å². The van der Waals surface area contributed by atoms with Gasteiger partial charge in [0.15, 0.2) is 11.6 Å². The Balaban J connectivity index is 0.00000144. The Labute approximate surface area is 90.8 Å². The molecule has 0 heterocycles. The molecule has 0 bridgehead atoms. The smallest absolute Gasteiger partial charge is 0.166 e. The van der Waals surface area contributed by atoms with Crippen LogP contribution in [-0.2, 0) is 6.54 Å². The predicted molar refractivity (Wildman–Crippen MR) is 55.8 cm³/mol. The standard InChI is InChI=1S/C8H9BrFNO.ClH/c1-12-8-5(4-11)2-6(9)3-7(8)10;/h2-3H,4,11H2,1H3;1H. The zero-order valence-electron chi connectivity index (χ0n) is 7.01. The van der Waals surface area contributed by atoms with Crippen LogP contribution in [0, 0.1) is 5.82 Å². The lowest BCUT2D eigenvalue weighted by Crippen LogP contribution is -2.01. The second-order valence-electron chi connectivity index (χ2n) is 2.28. The fraction of sp³-hybridized carbons (Fsp3) is 0.250. The van der Waals surface area contributed by atoms with Gasteiger partial charge in [0.25, 0.3) is 0 Å². The molecule has 0 atom stereocenters. The highest BCUT2D eigenvalue weighted by molar-refractivity contribution is 9.10. The van der Waals surface area contributed by atoms with Gasteiger partial charge in [0.05, 0.1) is 7.11 Å². The summed E-state index contributed by atoms with van der Waals surface area (Å²) in [7, 11) is 1.42. The molecule has 13 heavy (non-hydrogen) atoms. The van der Waals surface area contributed by atoms with E-state index in [1.54, 1.807) is 6.07 Å². The molecule has 0 fully saturated rings. The van der Waals surface area contributed by atoms with Crippen molar-refractivity contribution in [2.24, 2.45) is 5.73 Å². The number of hydrogen-bond acceptors (Lipinski definition) is 2. The van der Waals surface area contributed by atoms with Gasteiger partial charge in [-0.3, -0.25) is 0 Å². The second-order valence-corrected chi connectivity index (χ2v) is 3.20. The Morgan fingerprint density at radius 1 is 1.54 bits per heavy atom. The van der Waals surface area contributed by atoms with Gasteiger partial charge in [-0.1, -0.05) is 15.9 Å². The summed E-state index contributed by atoms with van der Waals surface area (Å²) in [5.41, 5.74) is 6.05. The second kappa shape index (κ2) is 5.42. The van der Waals surface area contributed by atoms with Crippen LogP contribution >= 0.6 is 28.3 Å². The third kappa shape index (κ3) is 2.83. The molecule has 2 nitrogen and oxygen atoms in total. The van der Waals surface area contributed by atoms with Crippen LogP contribution in [0.25, 0.3) is 0 Å². The molecule has 2 N–H and O–H groups in total. The molecule has 0 unspecified atom stereocenters. The van der Waals surface area contributed by atoms with Crippen LogP contribution in [0.4, 0.5) is 4.39 Å². The molecule has 1 aromatic rings. The summed E-state index contributed by atoms with van der Waals surface area (Å²) in [4.78, 5) is 0. The van der Waals surface area contributed by atoms with Gasteiger partial charge in [-0.25, -0.2) is 4.39 Å². The van der Waals surface area contributed by atoms with Crippen molar-refractivity contribution >= 4 is 28.3 Å². The summed E-state index contributed by atoms with van der Waals surface area (Å²) < 4.78 is 18.6. The van der Waals surface area contributed by atoms with E-state index in [9.17, 15) is 4.39 Å². The summed E-state index contributed by atoms with van der Waals surface area (Å²) in [6.45, 7) is 0.263. The number of nitrogens with two attached hydrogens (primary N) is 1. The number of halogens is 3. The molecule has 0 saturated carbocycles. The third-order valence-electron chi connectivity index (χ3n) is 1.51. The molecule has 0 aliphatic rings. The third-order valence-corrected chi connectivity index (χ3v) is 1.97.